The molecule has 4 rings (SSSR count). The van der Waals surface area contributed by atoms with Gasteiger partial charge >= 0.3 is 0 Å². The maximum absolute atomic E-state index is 12.4. The molecule has 0 heterocycles. The molecular weight excluding hydrogens is 336 g/mol. The van der Waals surface area contributed by atoms with Crippen molar-refractivity contribution in [2.45, 2.75) is 89.2 Å². The average Bonchev–Trinajstić information content (AvgIpc) is 2.77. The second-order valence-electron chi connectivity index (χ2n) is 10.1. The molecular formula is C21H33ClO3. The number of aliphatic hydroxyl groups is 2. The standard InChI is InChI=1S/C21H33ClO3/c1-12(23)21(25)18(22)11-17-15-5-4-13-10-14(24)6-8-19(13,2)16(15)7-9-20(17,21)3/h13-18,24-25H,4-11H2,1-3H3/t13-,14-,15+,16-,17-,18-,19-,20-,21-/m0/s1. The van der Waals surface area contributed by atoms with Crippen LogP contribution in [-0.2, 0) is 4.79 Å². The zero-order valence-corrected chi connectivity index (χ0v) is 16.6. The van der Waals surface area contributed by atoms with Crippen LogP contribution in [-0.4, -0.2) is 33.1 Å². The van der Waals surface area contributed by atoms with Crippen LogP contribution in [0.5, 0.6) is 0 Å². The van der Waals surface area contributed by atoms with Gasteiger partial charge in [-0.15, -0.1) is 11.6 Å². The summed E-state index contributed by atoms with van der Waals surface area (Å²) in [4.78, 5) is 12.4. The Balaban J connectivity index is 1.67. The maximum atomic E-state index is 12.4. The molecule has 4 aliphatic rings. The van der Waals surface area contributed by atoms with E-state index in [1.165, 1.54) is 13.3 Å². The van der Waals surface area contributed by atoms with E-state index in [0.717, 1.165) is 44.9 Å². The van der Waals surface area contributed by atoms with Crippen molar-refractivity contribution in [3.8, 4) is 0 Å². The predicted octanol–water partition coefficient (Wildman–Crippen LogP) is 3.93. The summed E-state index contributed by atoms with van der Waals surface area (Å²) >= 11 is 6.60. The van der Waals surface area contributed by atoms with Gasteiger partial charge in [-0.25, -0.2) is 0 Å². The highest BCUT2D eigenvalue weighted by molar-refractivity contribution is 6.24. The van der Waals surface area contributed by atoms with Crippen LogP contribution in [0.15, 0.2) is 0 Å². The normalized spacial score (nSPS) is 58.2. The molecule has 0 aromatic heterocycles. The van der Waals surface area contributed by atoms with E-state index in [-0.39, 0.29) is 17.3 Å². The van der Waals surface area contributed by atoms with E-state index in [0.29, 0.717) is 29.1 Å². The Bertz CT molecular complexity index is 579. The molecule has 0 spiro atoms. The van der Waals surface area contributed by atoms with Crippen molar-refractivity contribution < 1.29 is 15.0 Å². The van der Waals surface area contributed by atoms with Gasteiger partial charge < -0.3 is 10.2 Å². The lowest BCUT2D eigenvalue weighted by Gasteiger charge is -2.61. The number of halogens is 1. The first-order chi connectivity index (χ1) is 11.6. The molecule has 0 saturated heterocycles. The van der Waals surface area contributed by atoms with E-state index >= 15 is 0 Å². The fourth-order valence-corrected chi connectivity index (χ4v) is 8.43. The van der Waals surface area contributed by atoms with Crippen LogP contribution in [0.3, 0.4) is 0 Å². The summed E-state index contributed by atoms with van der Waals surface area (Å²) in [5, 5.41) is 21.0. The molecule has 0 bridgehead atoms. The van der Waals surface area contributed by atoms with E-state index in [4.69, 9.17) is 11.6 Å². The van der Waals surface area contributed by atoms with Crippen LogP contribution in [0.25, 0.3) is 0 Å². The topological polar surface area (TPSA) is 57.5 Å². The molecule has 4 fully saturated rings. The van der Waals surface area contributed by atoms with Crippen LogP contribution in [0.2, 0.25) is 0 Å². The molecule has 0 aromatic rings. The number of Topliss-reactive ketones (excluding diaryl/α,β-unsaturated/α-hetero) is 1. The Hall–Kier alpha value is -0.120. The number of aliphatic hydroxyl groups excluding tert-OH is 1. The summed E-state index contributed by atoms with van der Waals surface area (Å²) in [5.41, 5.74) is -1.45. The Morgan fingerprint density at radius 3 is 2.44 bits per heavy atom. The molecule has 9 atom stereocenters. The minimum absolute atomic E-state index is 0.120. The van der Waals surface area contributed by atoms with Crippen LogP contribution < -0.4 is 0 Å². The van der Waals surface area contributed by atoms with Gasteiger partial charge in [0.1, 0.15) is 5.60 Å². The number of fused-ring (bicyclic) bond motifs is 5. The van der Waals surface area contributed by atoms with Gasteiger partial charge in [-0.3, -0.25) is 4.79 Å². The van der Waals surface area contributed by atoms with Crippen molar-refractivity contribution in [3.63, 3.8) is 0 Å². The third-order valence-corrected chi connectivity index (χ3v) is 9.84. The maximum Gasteiger partial charge on any atom is 0.163 e. The number of alkyl halides is 1. The van der Waals surface area contributed by atoms with Gasteiger partial charge in [-0.05, 0) is 87.4 Å². The highest BCUT2D eigenvalue weighted by Gasteiger charge is 2.69. The smallest absolute Gasteiger partial charge is 0.163 e. The van der Waals surface area contributed by atoms with Crippen molar-refractivity contribution >= 4 is 17.4 Å². The van der Waals surface area contributed by atoms with Gasteiger partial charge in [0.25, 0.3) is 0 Å². The van der Waals surface area contributed by atoms with E-state index in [9.17, 15) is 15.0 Å². The number of rotatable bonds is 1. The first-order valence-electron chi connectivity index (χ1n) is 10.2. The third kappa shape index (κ3) is 2.21. The molecule has 4 heteroatoms. The molecule has 0 aliphatic heterocycles. The number of carbonyl (C=O) groups excluding carboxylic acids is 1. The van der Waals surface area contributed by atoms with Crippen molar-refractivity contribution in [2.75, 3.05) is 0 Å². The van der Waals surface area contributed by atoms with Gasteiger partial charge in [0.15, 0.2) is 5.78 Å². The van der Waals surface area contributed by atoms with Gasteiger partial charge in [-0.1, -0.05) is 13.8 Å². The molecule has 4 aliphatic carbocycles. The largest absolute Gasteiger partial charge is 0.393 e. The summed E-state index contributed by atoms with van der Waals surface area (Å²) in [6.45, 7) is 6.08. The fourth-order valence-electron chi connectivity index (χ4n) is 7.84. The zero-order chi connectivity index (χ0) is 18.2. The molecule has 0 radical (unpaired) electrons. The minimum Gasteiger partial charge on any atom is -0.393 e. The van der Waals surface area contributed by atoms with Crippen LogP contribution in [0.1, 0.15) is 72.1 Å². The Morgan fingerprint density at radius 1 is 1.04 bits per heavy atom. The van der Waals surface area contributed by atoms with Crippen LogP contribution in [0, 0.1) is 34.5 Å². The van der Waals surface area contributed by atoms with Gasteiger partial charge in [0, 0.05) is 5.41 Å². The van der Waals surface area contributed by atoms with Crippen LogP contribution >= 0.6 is 11.6 Å². The number of ketones is 1. The van der Waals surface area contributed by atoms with Crippen molar-refractivity contribution in [1.82, 2.24) is 0 Å². The second kappa shape index (κ2) is 5.69. The van der Waals surface area contributed by atoms with E-state index < -0.39 is 11.0 Å². The van der Waals surface area contributed by atoms with E-state index in [2.05, 4.69) is 13.8 Å². The van der Waals surface area contributed by atoms with Gasteiger partial charge in [0.05, 0.1) is 11.5 Å². The quantitative estimate of drug-likeness (QED) is 0.689. The highest BCUT2D eigenvalue weighted by Crippen LogP contribution is 2.68. The Morgan fingerprint density at radius 2 is 1.76 bits per heavy atom. The van der Waals surface area contributed by atoms with Crippen LogP contribution in [0.4, 0.5) is 0 Å². The fraction of sp³-hybridized carbons (Fsp3) is 0.952. The van der Waals surface area contributed by atoms with Gasteiger partial charge in [-0.2, -0.15) is 0 Å². The van der Waals surface area contributed by atoms with Crippen molar-refractivity contribution in [2.24, 2.45) is 34.5 Å². The Labute approximate surface area is 156 Å². The molecule has 0 unspecified atom stereocenters. The predicted molar refractivity (Wildman–Crippen MR) is 98.4 cm³/mol. The monoisotopic (exact) mass is 368 g/mol. The number of hydrogen-bond acceptors (Lipinski definition) is 3. The summed E-state index contributed by atoms with van der Waals surface area (Å²) in [6, 6.07) is 0. The van der Waals surface area contributed by atoms with E-state index in [1.807, 2.05) is 0 Å². The van der Waals surface area contributed by atoms with E-state index in [1.54, 1.807) is 0 Å². The summed E-state index contributed by atoms with van der Waals surface area (Å²) in [5.74, 6) is 2.02. The SMILES string of the molecule is CC(=O)[C@]1(O)[C@@H](Cl)C[C@H]2[C@@H]3CC[C@H]4C[C@@H](O)CC[C@]4(C)[C@H]3CC[C@@]21C. The number of carbonyl (C=O) groups is 1. The highest BCUT2D eigenvalue weighted by atomic mass is 35.5. The van der Waals surface area contributed by atoms with Gasteiger partial charge in [0.2, 0.25) is 0 Å². The lowest BCUT2D eigenvalue weighted by molar-refractivity contribution is -0.170. The molecule has 0 aromatic carbocycles. The average molecular weight is 369 g/mol. The third-order valence-electron chi connectivity index (χ3n) is 9.35. The molecule has 4 saturated carbocycles. The number of hydrogen-bond donors (Lipinski definition) is 2. The molecule has 2 N–H and O–H groups in total. The molecule has 25 heavy (non-hydrogen) atoms. The molecule has 142 valence electrons. The molecule has 3 nitrogen and oxygen atoms in total. The van der Waals surface area contributed by atoms with Crippen molar-refractivity contribution in [3.05, 3.63) is 0 Å². The first kappa shape index (κ1) is 18.3. The first-order valence-corrected chi connectivity index (χ1v) is 10.6. The lowest BCUT2D eigenvalue weighted by atomic mass is 9.44. The second-order valence-corrected chi connectivity index (χ2v) is 10.6. The Kier molecular flexibility index (Phi) is 4.15. The summed E-state index contributed by atoms with van der Waals surface area (Å²) in [6.07, 6.45) is 7.95. The summed E-state index contributed by atoms with van der Waals surface area (Å²) in [7, 11) is 0. The molecule has 0 amide bonds. The minimum atomic E-state index is -1.37. The summed E-state index contributed by atoms with van der Waals surface area (Å²) < 4.78 is 0. The lowest BCUT2D eigenvalue weighted by Crippen LogP contribution is -2.60. The van der Waals surface area contributed by atoms with Crippen molar-refractivity contribution in [1.29, 1.82) is 0 Å². The zero-order valence-electron chi connectivity index (χ0n) is 15.8.